The van der Waals surface area contributed by atoms with Gasteiger partial charge in [-0.25, -0.2) is 14.6 Å². The number of fused-ring (bicyclic) bond motifs is 1. The van der Waals surface area contributed by atoms with Gasteiger partial charge in [0.2, 0.25) is 0 Å². The number of rotatable bonds is 8. The van der Waals surface area contributed by atoms with Crippen LogP contribution in [0.15, 0.2) is 35.6 Å². The van der Waals surface area contributed by atoms with Crippen LogP contribution in [0.2, 0.25) is 0 Å². The Kier molecular flexibility index (Phi) is 7.14. The minimum Gasteiger partial charge on any atom is -0.378 e. The number of amides is 1. The number of aromatic nitrogens is 4. The van der Waals surface area contributed by atoms with E-state index in [0.29, 0.717) is 18.7 Å². The molecule has 1 N–H and O–H groups in total. The third kappa shape index (κ3) is 4.98. The summed E-state index contributed by atoms with van der Waals surface area (Å²) in [5.41, 5.74) is 2.55. The molecule has 1 amide bonds. The number of hydrogen-bond acceptors (Lipinski definition) is 7. The lowest BCUT2D eigenvalue weighted by Crippen LogP contribution is -2.30. The molecule has 0 atom stereocenters. The molecule has 0 bridgehead atoms. The molecule has 1 saturated heterocycles. The van der Waals surface area contributed by atoms with Crippen molar-refractivity contribution in [3.05, 3.63) is 36.0 Å². The second-order valence-corrected chi connectivity index (χ2v) is 9.34. The van der Waals surface area contributed by atoms with Crippen LogP contribution in [0.5, 0.6) is 0 Å². The van der Waals surface area contributed by atoms with Crippen LogP contribution in [-0.4, -0.2) is 65.1 Å². The minimum atomic E-state index is -0.0855. The van der Waals surface area contributed by atoms with Crippen molar-refractivity contribution in [2.45, 2.75) is 37.9 Å². The molecule has 4 rings (SSSR count). The Labute approximate surface area is 193 Å². The van der Waals surface area contributed by atoms with Crippen LogP contribution in [0.3, 0.4) is 0 Å². The van der Waals surface area contributed by atoms with Crippen molar-refractivity contribution in [2.24, 2.45) is 0 Å². The van der Waals surface area contributed by atoms with E-state index in [1.807, 2.05) is 54.1 Å². The molecule has 3 heterocycles. The average molecular weight is 454 g/mol. The van der Waals surface area contributed by atoms with Gasteiger partial charge in [0.25, 0.3) is 5.91 Å². The van der Waals surface area contributed by atoms with Gasteiger partial charge in [0.1, 0.15) is 5.82 Å². The van der Waals surface area contributed by atoms with Crippen LogP contribution in [0.25, 0.3) is 11.0 Å². The molecule has 1 aromatic carbocycles. The summed E-state index contributed by atoms with van der Waals surface area (Å²) in [7, 11) is 3.96. The molecular weight excluding hydrogens is 422 g/mol. The van der Waals surface area contributed by atoms with Crippen LogP contribution in [-0.2, 0) is 6.54 Å². The number of carbonyl (C=O) groups is 1. The summed E-state index contributed by atoms with van der Waals surface area (Å²) in [5, 5.41) is 9.34. The van der Waals surface area contributed by atoms with Gasteiger partial charge in [-0.2, -0.15) is 5.10 Å². The largest absolute Gasteiger partial charge is 0.378 e. The molecule has 0 saturated carbocycles. The van der Waals surface area contributed by atoms with Crippen molar-refractivity contribution in [1.29, 1.82) is 0 Å². The zero-order valence-corrected chi connectivity index (χ0v) is 19.9. The van der Waals surface area contributed by atoms with Gasteiger partial charge >= 0.3 is 0 Å². The van der Waals surface area contributed by atoms with E-state index in [4.69, 9.17) is 9.97 Å². The van der Waals surface area contributed by atoms with Crippen molar-refractivity contribution in [2.75, 3.05) is 49.3 Å². The fourth-order valence-corrected chi connectivity index (χ4v) is 4.47. The van der Waals surface area contributed by atoms with Crippen molar-refractivity contribution in [3.8, 4) is 0 Å². The minimum absolute atomic E-state index is 0.0855. The summed E-state index contributed by atoms with van der Waals surface area (Å²) in [6, 6.07) is 7.59. The van der Waals surface area contributed by atoms with E-state index in [1.165, 1.54) is 19.3 Å². The molecule has 170 valence electrons. The summed E-state index contributed by atoms with van der Waals surface area (Å²) in [5.74, 6) is 1.82. The van der Waals surface area contributed by atoms with Crippen molar-refractivity contribution in [1.82, 2.24) is 25.1 Å². The normalized spacial score (nSPS) is 14.0. The summed E-state index contributed by atoms with van der Waals surface area (Å²) in [4.78, 5) is 26.5. The Hall–Kier alpha value is -2.81. The Balaban J connectivity index is 1.48. The van der Waals surface area contributed by atoms with Crippen LogP contribution in [0.1, 0.15) is 36.5 Å². The lowest BCUT2D eigenvalue weighted by Gasteiger charge is -2.28. The monoisotopic (exact) mass is 453 g/mol. The highest BCUT2D eigenvalue weighted by atomic mass is 32.2. The zero-order valence-electron chi connectivity index (χ0n) is 19.0. The predicted molar refractivity (Wildman–Crippen MR) is 131 cm³/mol. The smallest absolute Gasteiger partial charge is 0.251 e. The Morgan fingerprint density at radius 3 is 2.56 bits per heavy atom. The third-order valence-electron chi connectivity index (χ3n) is 5.64. The van der Waals surface area contributed by atoms with Crippen molar-refractivity contribution >= 4 is 40.2 Å². The second kappa shape index (κ2) is 10.2. The zero-order chi connectivity index (χ0) is 22.5. The summed E-state index contributed by atoms with van der Waals surface area (Å²) in [6.45, 7) is 5.19. The third-order valence-corrected chi connectivity index (χ3v) is 6.37. The van der Waals surface area contributed by atoms with Gasteiger partial charge in [0, 0.05) is 45.0 Å². The predicted octanol–water partition coefficient (Wildman–Crippen LogP) is 3.42. The number of nitrogens with zero attached hydrogens (tertiary/aromatic N) is 6. The number of benzene rings is 1. The van der Waals surface area contributed by atoms with Crippen molar-refractivity contribution < 1.29 is 4.79 Å². The van der Waals surface area contributed by atoms with Crippen LogP contribution in [0, 0.1) is 0 Å². The summed E-state index contributed by atoms with van der Waals surface area (Å²) in [6.07, 6.45) is 5.52. The first-order valence-corrected chi connectivity index (χ1v) is 12.2. The molecule has 8 nitrogen and oxygen atoms in total. The van der Waals surface area contributed by atoms with Gasteiger partial charge in [0.15, 0.2) is 10.8 Å². The maximum absolute atomic E-state index is 12.5. The molecule has 32 heavy (non-hydrogen) atoms. The fraction of sp³-hybridized carbons (Fsp3) is 0.478. The van der Waals surface area contributed by atoms with E-state index < -0.39 is 0 Å². The van der Waals surface area contributed by atoms with Gasteiger partial charge in [-0.1, -0.05) is 18.7 Å². The molecule has 0 spiro atoms. The molecule has 0 unspecified atom stereocenters. The molecule has 1 fully saturated rings. The Morgan fingerprint density at radius 1 is 1.12 bits per heavy atom. The van der Waals surface area contributed by atoms with Crippen LogP contribution in [0.4, 0.5) is 11.5 Å². The number of nitrogens with one attached hydrogen (secondary N) is 1. The molecule has 3 aromatic rings. The van der Waals surface area contributed by atoms with E-state index in [1.54, 1.807) is 11.8 Å². The van der Waals surface area contributed by atoms with Crippen LogP contribution >= 0.6 is 11.8 Å². The average Bonchev–Trinajstić information content (AvgIpc) is 3.22. The van der Waals surface area contributed by atoms with Gasteiger partial charge in [-0.15, -0.1) is 0 Å². The standard InChI is InChI=1S/C23H31N7OS/c1-4-32-23-26-20(29-13-6-5-7-14-29)19-16-25-30(21(19)27-23)15-12-24-22(31)17-8-10-18(11-9-17)28(2)3/h8-11,16H,4-7,12-15H2,1-3H3,(H,24,31). The molecule has 9 heteroatoms. The van der Waals surface area contributed by atoms with Crippen molar-refractivity contribution in [3.63, 3.8) is 0 Å². The SMILES string of the molecule is CCSc1nc(N2CCCCC2)c2cnn(CCNC(=O)c3ccc(N(C)C)cc3)c2n1. The van der Waals surface area contributed by atoms with Gasteiger partial charge in [-0.05, 0) is 49.3 Å². The number of hydrogen-bond donors (Lipinski definition) is 1. The fourth-order valence-electron chi connectivity index (χ4n) is 3.91. The second-order valence-electron chi connectivity index (χ2n) is 8.11. The van der Waals surface area contributed by atoms with E-state index in [-0.39, 0.29) is 5.91 Å². The lowest BCUT2D eigenvalue weighted by atomic mass is 10.1. The quantitative estimate of drug-likeness (QED) is 0.413. The molecule has 1 aliphatic heterocycles. The summed E-state index contributed by atoms with van der Waals surface area (Å²) < 4.78 is 1.87. The van der Waals surface area contributed by atoms with Gasteiger partial charge in [0.05, 0.1) is 18.1 Å². The number of thioether (sulfide) groups is 1. The highest BCUT2D eigenvalue weighted by Crippen LogP contribution is 2.29. The van der Waals surface area contributed by atoms with E-state index in [0.717, 1.165) is 46.5 Å². The highest BCUT2D eigenvalue weighted by molar-refractivity contribution is 7.99. The molecule has 1 aliphatic rings. The Morgan fingerprint density at radius 2 is 1.88 bits per heavy atom. The molecule has 2 aromatic heterocycles. The first-order valence-electron chi connectivity index (χ1n) is 11.2. The first-order chi connectivity index (χ1) is 15.6. The molecule has 0 aliphatic carbocycles. The Bertz CT molecular complexity index is 1060. The lowest BCUT2D eigenvalue weighted by molar-refractivity contribution is 0.0952. The first kappa shape index (κ1) is 22.4. The van der Waals surface area contributed by atoms with Crippen LogP contribution < -0.4 is 15.1 Å². The number of anilines is 2. The highest BCUT2D eigenvalue weighted by Gasteiger charge is 2.20. The number of piperidine rings is 1. The van der Waals surface area contributed by atoms with E-state index >= 15 is 0 Å². The van der Waals surface area contributed by atoms with Gasteiger partial charge in [-0.3, -0.25) is 4.79 Å². The number of carbonyl (C=O) groups excluding carboxylic acids is 1. The van der Waals surface area contributed by atoms with E-state index in [9.17, 15) is 4.79 Å². The topological polar surface area (TPSA) is 79.2 Å². The molecule has 0 radical (unpaired) electrons. The maximum Gasteiger partial charge on any atom is 0.251 e. The van der Waals surface area contributed by atoms with E-state index in [2.05, 4.69) is 22.2 Å². The van der Waals surface area contributed by atoms with Gasteiger partial charge < -0.3 is 15.1 Å². The summed E-state index contributed by atoms with van der Waals surface area (Å²) >= 11 is 1.65. The molecular formula is C23H31N7OS. The maximum atomic E-state index is 12.5.